The SMILES string of the molecule is O=C(CCCCCCCBr)OCSCOC(=O)CCCCCCCBr. The average molecular weight is 504 g/mol. The van der Waals surface area contributed by atoms with Gasteiger partial charge in [0, 0.05) is 23.5 Å². The maximum Gasteiger partial charge on any atom is 0.306 e. The summed E-state index contributed by atoms with van der Waals surface area (Å²) in [6, 6.07) is 0. The van der Waals surface area contributed by atoms with Crippen LogP contribution >= 0.6 is 43.6 Å². The van der Waals surface area contributed by atoms with E-state index < -0.39 is 0 Å². The first-order valence-corrected chi connectivity index (χ1v) is 12.6. The summed E-state index contributed by atoms with van der Waals surface area (Å²) in [6.45, 7) is 0. The van der Waals surface area contributed by atoms with Crippen molar-refractivity contribution in [2.45, 2.75) is 77.0 Å². The normalized spacial score (nSPS) is 10.6. The second-order valence-electron chi connectivity index (χ2n) is 5.89. The average Bonchev–Trinajstić information content (AvgIpc) is 2.60. The number of rotatable bonds is 18. The fourth-order valence-electron chi connectivity index (χ4n) is 2.18. The van der Waals surface area contributed by atoms with Crippen LogP contribution in [0.15, 0.2) is 0 Å². The standard InChI is InChI=1S/C18H32Br2O4S/c19-13-9-5-1-3-7-11-17(21)23-15-25-16-24-18(22)12-8-4-2-6-10-14-20/h1-16H2. The molecule has 0 aliphatic rings. The van der Waals surface area contributed by atoms with Crippen LogP contribution in [-0.4, -0.2) is 34.5 Å². The molecular weight excluding hydrogens is 472 g/mol. The van der Waals surface area contributed by atoms with E-state index in [4.69, 9.17) is 9.47 Å². The lowest BCUT2D eigenvalue weighted by Gasteiger charge is -2.06. The molecule has 0 spiro atoms. The minimum absolute atomic E-state index is 0.164. The smallest absolute Gasteiger partial charge is 0.306 e. The maximum atomic E-state index is 11.5. The van der Waals surface area contributed by atoms with Gasteiger partial charge in [0.25, 0.3) is 0 Å². The van der Waals surface area contributed by atoms with Crippen molar-refractivity contribution in [2.75, 3.05) is 22.5 Å². The van der Waals surface area contributed by atoms with Gasteiger partial charge in [-0.25, -0.2) is 0 Å². The summed E-state index contributed by atoms with van der Waals surface area (Å²) < 4.78 is 10.2. The molecule has 0 fully saturated rings. The predicted molar refractivity (Wildman–Crippen MR) is 113 cm³/mol. The highest BCUT2D eigenvalue weighted by Gasteiger charge is 2.05. The number of carbonyl (C=O) groups is 2. The molecule has 0 aliphatic carbocycles. The number of carbonyl (C=O) groups excluding carboxylic acids is 2. The van der Waals surface area contributed by atoms with Crippen LogP contribution < -0.4 is 0 Å². The molecule has 4 nitrogen and oxygen atoms in total. The van der Waals surface area contributed by atoms with Crippen molar-refractivity contribution in [3.05, 3.63) is 0 Å². The summed E-state index contributed by atoms with van der Waals surface area (Å²) in [5.74, 6) is 0.176. The van der Waals surface area contributed by atoms with Crippen molar-refractivity contribution in [3.8, 4) is 0 Å². The topological polar surface area (TPSA) is 52.6 Å². The van der Waals surface area contributed by atoms with E-state index >= 15 is 0 Å². The van der Waals surface area contributed by atoms with E-state index in [9.17, 15) is 9.59 Å². The molecule has 0 aromatic rings. The highest BCUT2D eigenvalue weighted by atomic mass is 79.9. The largest absolute Gasteiger partial charge is 0.454 e. The second kappa shape index (κ2) is 20.6. The Bertz CT molecular complexity index is 300. The van der Waals surface area contributed by atoms with Crippen LogP contribution in [0.2, 0.25) is 0 Å². The van der Waals surface area contributed by atoms with E-state index in [2.05, 4.69) is 31.9 Å². The van der Waals surface area contributed by atoms with Gasteiger partial charge in [-0.3, -0.25) is 9.59 Å². The number of ether oxygens (including phenoxy) is 2. The number of alkyl halides is 2. The molecule has 0 saturated heterocycles. The zero-order valence-electron chi connectivity index (χ0n) is 15.1. The Balaban J connectivity index is 3.30. The first kappa shape index (κ1) is 25.2. The van der Waals surface area contributed by atoms with Crippen molar-refractivity contribution in [1.29, 1.82) is 0 Å². The summed E-state index contributed by atoms with van der Waals surface area (Å²) in [5.41, 5.74) is 0. The molecule has 0 rings (SSSR count). The number of halogens is 2. The fraction of sp³-hybridized carbons (Fsp3) is 0.889. The van der Waals surface area contributed by atoms with Crippen molar-refractivity contribution in [1.82, 2.24) is 0 Å². The molecule has 0 aromatic heterocycles. The number of thioether (sulfide) groups is 1. The summed E-state index contributed by atoms with van der Waals surface area (Å²) in [6.07, 6.45) is 12.0. The summed E-state index contributed by atoms with van der Waals surface area (Å²) in [7, 11) is 0. The molecule has 0 heterocycles. The summed E-state index contributed by atoms with van der Waals surface area (Å²) >= 11 is 8.13. The molecule has 0 unspecified atom stereocenters. The third-order valence-corrected chi connectivity index (χ3v) is 5.33. The van der Waals surface area contributed by atoms with Crippen molar-refractivity contribution >= 4 is 55.6 Å². The van der Waals surface area contributed by atoms with Crippen molar-refractivity contribution in [3.63, 3.8) is 0 Å². The Labute approximate surface area is 173 Å². The molecule has 0 bridgehead atoms. The molecule has 0 N–H and O–H groups in total. The fourth-order valence-corrected chi connectivity index (χ4v) is 3.47. The zero-order chi connectivity index (χ0) is 18.6. The molecule has 0 atom stereocenters. The number of hydrogen-bond donors (Lipinski definition) is 0. The van der Waals surface area contributed by atoms with E-state index in [-0.39, 0.29) is 23.8 Å². The third kappa shape index (κ3) is 20.4. The Morgan fingerprint density at radius 3 is 1.36 bits per heavy atom. The first-order chi connectivity index (χ1) is 12.2. The van der Waals surface area contributed by atoms with Crippen LogP contribution in [0.1, 0.15) is 77.0 Å². The van der Waals surface area contributed by atoms with Gasteiger partial charge in [-0.05, 0) is 25.7 Å². The minimum atomic E-state index is -0.164. The van der Waals surface area contributed by atoms with E-state index in [0.717, 1.165) is 36.3 Å². The highest BCUT2D eigenvalue weighted by Crippen LogP contribution is 2.10. The predicted octanol–water partition coefficient (Wildman–Crippen LogP) is 6.19. The van der Waals surface area contributed by atoms with Crippen LogP contribution in [0.3, 0.4) is 0 Å². The van der Waals surface area contributed by atoms with Crippen LogP contribution in [0.5, 0.6) is 0 Å². The third-order valence-electron chi connectivity index (χ3n) is 3.64. The molecule has 25 heavy (non-hydrogen) atoms. The summed E-state index contributed by atoms with van der Waals surface area (Å²) in [5, 5.41) is 2.10. The van der Waals surface area contributed by atoms with Gasteiger partial charge in [0.05, 0.1) is 0 Å². The molecule has 0 aliphatic heterocycles. The van der Waals surface area contributed by atoms with Crippen LogP contribution in [0.4, 0.5) is 0 Å². The van der Waals surface area contributed by atoms with Gasteiger partial charge >= 0.3 is 11.9 Å². The Kier molecular flexibility index (Phi) is 20.8. The second-order valence-corrected chi connectivity index (χ2v) is 8.35. The lowest BCUT2D eigenvalue weighted by Crippen LogP contribution is -2.07. The molecule has 0 aromatic carbocycles. The quantitative estimate of drug-likeness (QED) is 0.0965. The van der Waals surface area contributed by atoms with Crippen molar-refractivity contribution < 1.29 is 19.1 Å². The van der Waals surface area contributed by atoms with Gasteiger partial charge in [-0.2, -0.15) is 0 Å². The first-order valence-electron chi connectivity index (χ1n) is 9.21. The molecular formula is C18H32Br2O4S. The lowest BCUT2D eigenvalue weighted by molar-refractivity contribution is -0.141. The van der Waals surface area contributed by atoms with Crippen LogP contribution in [0, 0.1) is 0 Å². The van der Waals surface area contributed by atoms with Crippen LogP contribution in [-0.2, 0) is 19.1 Å². The Hall–Kier alpha value is 0.250. The van der Waals surface area contributed by atoms with Crippen LogP contribution in [0.25, 0.3) is 0 Å². The van der Waals surface area contributed by atoms with Gasteiger partial charge in [0.2, 0.25) is 0 Å². The molecule has 0 radical (unpaired) electrons. The molecule has 0 amide bonds. The van der Waals surface area contributed by atoms with E-state index in [1.807, 2.05) is 0 Å². The molecule has 148 valence electrons. The number of hydrogen-bond acceptors (Lipinski definition) is 5. The highest BCUT2D eigenvalue weighted by molar-refractivity contribution is 9.09. The van der Waals surface area contributed by atoms with E-state index in [0.29, 0.717) is 12.8 Å². The van der Waals surface area contributed by atoms with Crippen molar-refractivity contribution in [2.24, 2.45) is 0 Å². The monoisotopic (exact) mass is 502 g/mol. The van der Waals surface area contributed by atoms with Gasteiger partial charge in [-0.1, -0.05) is 82.1 Å². The number of esters is 2. The van der Waals surface area contributed by atoms with Gasteiger partial charge in [0.15, 0.2) is 0 Å². The minimum Gasteiger partial charge on any atom is -0.454 e. The molecule has 7 heteroatoms. The Morgan fingerprint density at radius 1 is 0.600 bits per heavy atom. The number of unbranched alkanes of at least 4 members (excludes halogenated alkanes) is 8. The zero-order valence-corrected chi connectivity index (χ0v) is 19.1. The molecule has 0 saturated carbocycles. The summed E-state index contributed by atoms with van der Waals surface area (Å²) in [4.78, 5) is 23.0. The van der Waals surface area contributed by atoms with Gasteiger partial charge in [0.1, 0.15) is 11.9 Å². The van der Waals surface area contributed by atoms with E-state index in [1.165, 1.54) is 50.3 Å². The van der Waals surface area contributed by atoms with E-state index in [1.54, 1.807) is 0 Å². The van der Waals surface area contributed by atoms with Gasteiger partial charge in [-0.15, -0.1) is 0 Å². The Morgan fingerprint density at radius 2 is 0.960 bits per heavy atom. The lowest BCUT2D eigenvalue weighted by atomic mass is 10.1. The van der Waals surface area contributed by atoms with Gasteiger partial charge < -0.3 is 9.47 Å². The maximum absolute atomic E-state index is 11.5.